The number of hydrogen-bond acceptors (Lipinski definition) is 4. The van der Waals surface area contributed by atoms with Crippen molar-refractivity contribution in [3.8, 4) is 11.4 Å². The maximum absolute atomic E-state index is 13.0. The van der Waals surface area contributed by atoms with E-state index < -0.39 is 15.6 Å². The molecule has 0 spiro atoms. The second-order valence-corrected chi connectivity index (χ2v) is 8.15. The van der Waals surface area contributed by atoms with Gasteiger partial charge >= 0.3 is 0 Å². The topological polar surface area (TPSA) is 82.3 Å². The molecule has 0 saturated carbocycles. The number of aromatic nitrogens is 2. The van der Waals surface area contributed by atoms with Gasteiger partial charge in [-0.05, 0) is 44.2 Å². The van der Waals surface area contributed by atoms with Crippen LogP contribution in [0.25, 0.3) is 5.69 Å². The van der Waals surface area contributed by atoms with Gasteiger partial charge in [0, 0.05) is 12.1 Å². The Bertz CT molecular complexity index is 1170. The number of nitrogens with one attached hydrogen (secondary N) is 1. The van der Waals surface area contributed by atoms with Crippen molar-refractivity contribution in [2.24, 2.45) is 7.05 Å². The van der Waals surface area contributed by atoms with Crippen LogP contribution in [0.4, 0.5) is 5.69 Å². The minimum atomic E-state index is -4.11. The van der Waals surface area contributed by atoms with Gasteiger partial charge in [0.15, 0.2) is 0 Å². The molecule has 7 nitrogen and oxygen atoms in total. The van der Waals surface area contributed by atoms with Gasteiger partial charge in [0.2, 0.25) is 0 Å². The van der Waals surface area contributed by atoms with Gasteiger partial charge in [-0.15, -0.1) is 0 Å². The van der Waals surface area contributed by atoms with Gasteiger partial charge in [0.25, 0.3) is 15.6 Å². The lowest BCUT2D eigenvalue weighted by Gasteiger charge is -2.12. The number of anilines is 1. The highest BCUT2D eigenvalue weighted by atomic mass is 35.5. The summed E-state index contributed by atoms with van der Waals surface area (Å²) in [4.78, 5) is 12.8. The monoisotopic (exact) mass is 421 g/mol. The second-order valence-electron chi connectivity index (χ2n) is 6.07. The Kier molecular flexibility index (Phi) is 5.53. The van der Waals surface area contributed by atoms with E-state index in [-0.39, 0.29) is 28.0 Å². The Morgan fingerprint density at radius 1 is 1.14 bits per heavy atom. The molecule has 0 aliphatic heterocycles. The molecule has 0 aliphatic rings. The minimum Gasteiger partial charge on any atom is -0.492 e. The Labute approximate surface area is 168 Å². The van der Waals surface area contributed by atoms with Crippen molar-refractivity contribution in [1.82, 2.24) is 9.36 Å². The molecule has 0 unspecified atom stereocenters. The highest BCUT2D eigenvalue weighted by molar-refractivity contribution is 7.92. The highest BCUT2D eigenvalue weighted by Gasteiger charge is 2.25. The summed E-state index contributed by atoms with van der Waals surface area (Å²) in [5, 5.41) is 0.246. The molecule has 0 saturated heterocycles. The van der Waals surface area contributed by atoms with Gasteiger partial charge < -0.3 is 4.74 Å². The SMILES string of the molecule is CCOc1ccc(Cl)cc1S(=O)(=O)Nc1c(C)n(C)n(-c2ccccc2)c1=O. The molecule has 0 atom stereocenters. The standard InChI is InChI=1S/C19H20ClN3O4S/c1-4-27-16-11-10-14(20)12-17(16)28(25,26)21-18-13(2)22(3)23(19(18)24)15-8-6-5-7-9-15/h5-12,21H,4H2,1-3H3. The summed E-state index contributed by atoms with van der Waals surface area (Å²) >= 11 is 5.98. The minimum absolute atomic E-state index is 0.0335. The molecule has 9 heteroatoms. The van der Waals surface area contributed by atoms with Crippen LogP contribution in [-0.2, 0) is 17.1 Å². The zero-order chi connectivity index (χ0) is 20.5. The smallest absolute Gasteiger partial charge is 0.296 e. The van der Waals surface area contributed by atoms with Crippen LogP contribution >= 0.6 is 11.6 Å². The summed E-state index contributed by atoms with van der Waals surface area (Å²) in [6.07, 6.45) is 0. The van der Waals surface area contributed by atoms with E-state index in [2.05, 4.69) is 4.72 Å². The summed E-state index contributed by atoms with van der Waals surface area (Å²) in [5.74, 6) is 0.163. The molecule has 1 heterocycles. The Morgan fingerprint density at radius 2 is 1.82 bits per heavy atom. The first-order valence-corrected chi connectivity index (χ1v) is 10.4. The van der Waals surface area contributed by atoms with Crippen LogP contribution in [0.3, 0.4) is 0 Å². The van der Waals surface area contributed by atoms with Gasteiger partial charge in [0.1, 0.15) is 16.3 Å². The number of ether oxygens (including phenoxy) is 1. The van der Waals surface area contributed by atoms with Crippen molar-refractivity contribution in [2.45, 2.75) is 18.7 Å². The Hall–Kier alpha value is -2.71. The molecule has 1 N–H and O–H groups in total. The summed E-state index contributed by atoms with van der Waals surface area (Å²) in [6, 6.07) is 13.3. The zero-order valence-electron chi connectivity index (χ0n) is 15.6. The third-order valence-electron chi connectivity index (χ3n) is 4.29. The van der Waals surface area contributed by atoms with E-state index in [1.807, 2.05) is 6.07 Å². The maximum Gasteiger partial charge on any atom is 0.296 e. The quantitative estimate of drug-likeness (QED) is 0.661. The van der Waals surface area contributed by atoms with Gasteiger partial charge in [-0.2, -0.15) is 0 Å². The number of benzene rings is 2. The third kappa shape index (κ3) is 3.65. The summed E-state index contributed by atoms with van der Waals surface area (Å²) in [6.45, 7) is 3.70. The maximum atomic E-state index is 13.0. The normalized spacial score (nSPS) is 11.4. The lowest BCUT2D eigenvalue weighted by molar-refractivity contribution is 0.331. The van der Waals surface area contributed by atoms with Crippen molar-refractivity contribution in [1.29, 1.82) is 0 Å². The van der Waals surface area contributed by atoms with E-state index in [0.29, 0.717) is 11.4 Å². The average molecular weight is 422 g/mol. The van der Waals surface area contributed by atoms with Gasteiger partial charge in [0.05, 0.1) is 18.0 Å². The first kappa shape index (κ1) is 20.0. The molecule has 0 radical (unpaired) electrons. The highest BCUT2D eigenvalue weighted by Crippen LogP contribution is 2.29. The lowest BCUT2D eigenvalue weighted by Crippen LogP contribution is -2.23. The number of nitrogens with zero attached hydrogens (tertiary/aromatic N) is 2. The van der Waals surface area contributed by atoms with Crippen LogP contribution in [0.2, 0.25) is 5.02 Å². The summed E-state index contributed by atoms with van der Waals surface area (Å²) in [7, 11) is -2.42. The van der Waals surface area contributed by atoms with Crippen LogP contribution in [0, 0.1) is 6.92 Å². The predicted octanol–water partition coefficient (Wildman–Crippen LogP) is 3.34. The molecule has 1 aromatic heterocycles. The van der Waals surface area contributed by atoms with Crippen molar-refractivity contribution in [2.75, 3.05) is 11.3 Å². The largest absolute Gasteiger partial charge is 0.492 e. The van der Waals surface area contributed by atoms with Crippen LogP contribution < -0.4 is 15.0 Å². The fourth-order valence-electron chi connectivity index (χ4n) is 2.84. The van der Waals surface area contributed by atoms with Crippen molar-refractivity contribution in [3.63, 3.8) is 0 Å². The fraction of sp³-hybridized carbons (Fsp3) is 0.211. The first-order chi connectivity index (χ1) is 13.3. The van der Waals surface area contributed by atoms with Crippen LogP contribution in [0.5, 0.6) is 5.75 Å². The van der Waals surface area contributed by atoms with E-state index in [1.54, 1.807) is 55.9 Å². The molecular formula is C19H20ClN3O4S. The number of halogens is 1. The third-order valence-corrected chi connectivity index (χ3v) is 5.89. The Morgan fingerprint density at radius 3 is 2.46 bits per heavy atom. The van der Waals surface area contributed by atoms with E-state index in [1.165, 1.54) is 16.8 Å². The zero-order valence-corrected chi connectivity index (χ0v) is 17.2. The van der Waals surface area contributed by atoms with Crippen LogP contribution in [0.1, 0.15) is 12.6 Å². The number of hydrogen-bond donors (Lipinski definition) is 1. The molecular weight excluding hydrogens is 402 g/mol. The van der Waals surface area contributed by atoms with Gasteiger partial charge in [-0.3, -0.25) is 14.2 Å². The molecule has 0 amide bonds. The van der Waals surface area contributed by atoms with E-state index in [4.69, 9.17) is 16.3 Å². The number of rotatable bonds is 6. The lowest BCUT2D eigenvalue weighted by atomic mass is 10.3. The predicted molar refractivity (Wildman–Crippen MR) is 109 cm³/mol. The van der Waals surface area contributed by atoms with E-state index in [0.717, 1.165) is 0 Å². The second kappa shape index (κ2) is 7.73. The van der Waals surface area contributed by atoms with Gasteiger partial charge in [-0.1, -0.05) is 29.8 Å². The summed E-state index contributed by atoms with van der Waals surface area (Å²) < 4.78 is 36.8. The van der Waals surface area contributed by atoms with Crippen molar-refractivity contribution < 1.29 is 13.2 Å². The van der Waals surface area contributed by atoms with Crippen molar-refractivity contribution in [3.05, 3.63) is 69.6 Å². The van der Waals surface area contributed by atoms with Crippen LogP contribution in [-0.4, -0.2) is 24.4 Å². The van der Waals surface area contributed by atoms with Crippen molar-refractivity contribution >= 4 is 27.3 Å². The molecule has 3 aromatic rings. The molecule has 0 aliphatic carbocycles. The first-order valence-electron chi connectivity index (χ1n) is 8.55. The molecule has 28 heavy (non-hydrogen) atoms. The van der Waals surface area contributed by atoms with Gasteiger partial charge in [-0.25, -0.2) is 13.1 Å². The summed E-state index contributed by atoms with van der Waals surface area (Å²) in [5.41, 5.74) is 0.585. The average Bonchev–Trinajstić information content (AvgIpc) is 2.87. The van der Waals surface area contributed by atoms with E-state index >= 15 is 0 Å². The Balaban J connectivity index is 2.10. The fourth-order valence-corrected chi connectivity index (χ4v) is 4.37. The number of sulfonamides is 1. The molecule has 2 aromatic carbocycles. The number of para-hydroxylation sites is 1. The molecule has 3 rings (SSSR count). The molecule has 148 valence electrons. The molecule has 0 bridgehead atoms. The van der Waals surface area contributed by atoms with Crippen LogP contribution in [0.15, 0.2) is 58.2 Å². The van der Waals surface area contributed by atoms with E-state index in [9.17, 15) is 13.2 Å². The molecule has 0 fully saturated rings.